The molecular weight excluding hydrogens is 319 g/mol. The standard InChI is InChI=1S/C17H24F3N3O/c1-22-11-3-4-15(22)9-10-21-16(24)23(2)12-13-5-7-14(8-6-13)17(18,19)20/h5-8,15H,3-4,9-12H2,1-2H3,(H,21,24)/t15-/m1/s1. The molecule has 0 saturated carbocycles. The van der Waals surface area contributed by atoms with Crippen LogP contribution < -0.4 is 5.32 Å². The molecule has 1 heterocycles. The number of benzene rings is 1. The molecule has 0 unspecified atom stereocenters. The summed E-state index contributed by atoms with van der Waals surface area (Å²) in [5, 5.41) is 2.87. The molecule has 1 fully saturated rings. The molecule has 1 N–H and O–H groups in total. The van der Waals surface area contributed by atoms with Crippen LogP contribution in [-0.2, 0) is 12.7 Å². The maximum Gasteiger partial charge on any atom is 0.416 e. The van der Waals surface area contributed by atoms with Crippen molar-refractivity contribution in [2.75, 3.05) is 27.2 Å². The van der Waals surface area contributed by atoms with Crippen molar-refractivity contribution in [1.82, 2.24) is 15.1 Å². The third kappa shape index (κ3) is 5.12. The van der Waals surface area contributed by atoms with Gasteiger partial charge in [-0.2, -0.15) is 13.2 Å². The molecule has 1 saturated heterocycles. The monoisotopic (exact) mass is 343 g/mol. The Kier molecular flexibility index (Phi) is 6.10. The topological polar surface area (TPSA) is 35.6 Å². The molecule has 0 aliphatic carbocycles. The first-order valence-electron chi connectivity index (χ1n) is 8.12. The van der Waals surface area contributed by atoms with Crippen LogP contribution in [-0.4, -0.2) is 49.1 Å². The van der Waals surface area contributed by atoms with Crippen LogP contribution in [0.15, 0.2) is 24.3 Å². The molecule has 0 aromatic heterocycles. The molecule has 0 radical (unpaired) electrons. The van der Waals surface area contributed by atoms with Crippen molar-refractivity contribution in [3.63, 3.8) is 0 Å². The summed E-state index contributed by atoms with van der Waals surface area (Å²) in [6.07, 6.45) is -1.07. The van der Waals surface area contributed by atoms with E-state index in [9.17, 15) is 18.0 Å². The van der Waals surface area contributed by atoms with E-state index in [1.807, 2.05) is 0 Å². The number of carbonyl (C=O) groups excluding carboxylic acids is 1. The van der Waals surface area contributed by atoms with Crippen molar-refractivity contribution in [3.8, 4) is 0 Å². The normalized spacial score (nSPS) is 18.6. The molecule has 24 heavy (non-hydrogen) atoms. The number of nitrogens with zero attached hydrogens (tertiary/aromatic N) is 2. The highest BCUT2D eigenvalue weighted by molar-refractivity contribution is 5.73. The van der Waals surface area contributed by atoms with Crippen LogP contribution >= 0.6 is 0 Å². The van der Waals surface area contributed by atoms with Crippen molar-refractivity contribution < 1.29 is 18.0 Å². The molecule has 2 amide bonds. The molecule has 1 aliphatic rings. The summed E-state index contributed by atoms with van der Waals surface area (Å²) >= 11 is 0. The van der Waals surface area contributed by atoms with E-state index >= 15 is 0 Å². The molecule has 0 spiro atoms. The van der Waals surface area contributed by atoms with Gasteiger partial charge in [0, 0.05) is 26.2 Å². The van der Waals surface area contributed by atoms with Gasteiger partial charge in [0.15, 0.2) is 0 Å². The van der Waals surface area contributed by atoms with Crippen molar-refractivity contribution in [3.05, 3.63) is 35.4 Å². The van der Waals surface area contributed by atoms with E-state index in [2.05, 4.69) is 17.3 Å². The molecule has 1 aromatic rings. The number of urea groups is 1. The summed E-state index contributed by atoms with van der Waals surface area (Å²) in [5.74, 6) is 0. The average Bonchev–Trinajstić information content (AvgIpc) is 2.92. The van der Waals surface area contributed by atoms with Gasteiger partial charge in [0.05, 0.1) is 5.56 Å². The molecule has 2 rings (SSSR count). The van der Waals surface area contributed by atoms with Crippen molar-refractivity contribution in [2.45, 2.75) is 38.0 Å². The van der Waals surface area contributed by atoms with Crippen LogP contribution in [0.1, 0.15) is 30.4 Å². The number of halogens is 3. The fraction of sp³-hybridized carbons (Fsp3) is 0.588. The van der Waals surface area contributed by atoms with Gasteiger partial charge in [-0.1, -0.05) is 12.1 Å². The van der Waals surface area contributed by atoms with Gasteiger partial charge >= 0.3 is 12.2 Å². The Morgan fingerprint density at radius 3 is 2.54 bits per heavy atom. The lowest BCUT2D eigenvalue weighted by molar-refractivity contribution is -0.137. The highest BCUT2D eigenvalue weighted by Gasteiger charge is 2.30. The molecular formula is C17H24F3N3O. The number of rotatable bonds is 5. The van der Waals surface area contributed by atoms with Crippen LogP contribution in [0.25, 0.3) is 0 Å². The second-order valence-electron chi connectivity index (χ2n) is 6.35. The van der Waals surface area contributed by atoms with Gasteiger partial charge in [-0.05, 0) is 50.6 Å². The Morgan fingerprint density at radius 2 is 2.00 bits per heavy atom. The minimum atomic E-state index is -4.34. The summed E-state index contributed by atoms with van der Waals surface area (Å²) in [4.78, 5) is 15.8. The highest BCUT2D eigenvalue weighted by atomic mass is 19.4. The van der Waals surface area contributed by atoms with Crippen LogP contribution in [0, 0.1) is 0 Å². The SMILES string of the molecule is CN(Cc1ccc(C(F)(F)F)cc1)C(=O)NCC[C@H]1CCCN1C. The summed E-state index contributed by atoms with van der Waals surface area (Å²) in [7, 11) is 3.73. The molecule has 1 atom stereocenters. The molecule has 1 aliphatic heterocycles. The number of likely N-dealkylation sites (tertiary alicyclic amines) is 1. The lowest BCUT2D eigenvalue weighted by Gasteiger charge is -2.21. The molecule has 4 nitrogen and oxygen atoms in total. The van der Waals surface area contributed by atoms with E-state index in [4.69, 9.17) is 0 Å². The number of hydrogen-bond acceptors (Lipinski definition) is 2. The van der Waals surface area contributed by atoms with E-state index in [-0.39, 0.29) is 12.6 Å². The predicted octanol–water partition coefficient (Wildman–Crippen LogP) is 3.33. The maximum atomic E-state index is 12.5. The van der Waals surface area contributed by atoms with E-state index in [0.29, 0.717) is 18.2 Å². The minimum absolute atomic E-state index is 0.212. The Balaban J connectivity index is 1.76. The van der Waals surface area contributed by atoms with Gasteiger partial charge in [-0.25, -0.2) is 4.79 Å². The summed E-state index contributed by atoms with van der Waals surface area (Å²) in [5.41, 5.74) is -0.0183. The first kappa shape index (κ1) is 18.6. The van der Waals surface area contributed by atoms with E-state index in [1.165, 1.54) is 23.5 Å². The van der Waals surface area contributed by atoms with Crippen molar-refractivity contribution in [1.29, 1.82) is 0 Å². The summed E-state index contributed by atoms with van der Waals surface area (Å²) in [6, 6.07) is 5.19. The van der Waals surface area contributed by atoms with Gasteiger partial charge in [0.2, 0.25) is 0 Å². The lowest BCUT2D eigenvalue weighted by Crippen LogP contribution is -2.39. The van der Waals surface area contributed by atoms with E-state index in [1.54, 1.807) is 7.05 Å². The van der Waals surface area contributed by atoms with Gasteiger partial charge in [0.25, 0.3) is 0 Å². The van der Waals surface area contributed by atoms with Crippen LogP contribution in [0.4, 0.5) is 18.0 Å². The van der Waals surface area contributed by atoms with E-state index < -0.39 is 11.7 Å². The average molecular weight is 343 g/mol. The van der Waals surface area contributed by atoms with Gasteiger partial charge in [0.1, 0.15) is 0 Å². The summed E-state index contributed by atoms with van der Waals surface area (Å²) < 4.78 is 37.6. The maximum absolute atomic E-state index is 12.5. The Labute approximate surface area is 140 Å². The van der Waals surface area contributed by atoms with Gasteiger partial charge < -0.3 is 15.1 Å². The lowest BCUT2D eigenvalue weighted by atomic mass is 10.1. The zero-order valence-corrected chi connectivity index (χ0v) is 14.1. The number of amides is 2. The third-order valence-electron chi connectivity index (χ3n) is 4.47. The quantitative estimate of drug-likeness (QED) is 0.890. The highest BCUT2D eigenvalue weighted by Crippen LogP contribution is 2.29. The van der Waals surface area contributed by atoms with Gasteiger partial charge in [-0.15, -0.1) is 0 Å². The first-order chi connectivity index (χ1) is 11.3. The van der Waals surface area contributed by atoms with Crippen LogP contribution in [0.2, 0.25) is 0 Å². The fourth-order valence-electron chi connectivity index (χ4n) is 2.97. The fourth-order valence-corrected chi connectivity index (χ4v) is 2.97. The summed E-state index contributed by atoms with van der Waals surface area (Å²) in [6.45, 7) is 1.98. The number of hydrogen-bond donors (Lipinski definition) is 1. The molecule has 0 bridgehead atoms. The Bertz CT molecular complexity index is 545. The molecule has 134 valence electrons. The zero-order valence-electron chi connectivity index (χ0n) is 14.1. The van der Waals surface area contributed by atoms with Gasteiger partial charge in [-0.3, -0.25) is 0 Å². The third-order valence-corrected chi connectivity index (χ3v) is 4.47. The minimum Gasteiger partial charge on any atom is -0.338 e. The smallest absolute Gasteiger partial charge is 0.338 e. The number of alkyl halides is 3. The molecule has 1 aromatic carbocycles. The molecule has 7 heteroatoms. The second kappa shape index (κ2) is 7.88. The Hall–Kier alpha value is -1.76. The first-order valence-corrected chi connectivity index (χ1v) is 8.12. The van der Waals surface area contributed by atoms with Crippen LogP contribution in [0.3, 0.4) is 0 Å². The number of nitrogens with one attached hydrogen (secondary N) is 1. The van der Waals surface area contributed by atoms with Crippen molar-refractivity contribution in [2.24, 2.45) is 0 Å². The Morgan fingerprint density at radius 1 is 1.33 bits per heavy atom. The second-order valence-corrected chi connectivity index (χ2v) is 6.35. The van der Waals surface area contributed by atoms with Crippen LogP contribution in [0.5, 0.6) is 0 Å². The number of carbonyl (C=O) groups is 1. The van der Waals surface area contributed by atoms with E-state index in [0.717, 1.165) is 31.5 Å². The largest absolute Gasteiger partial charge is 0.416 e. The van der Waals surface area contributed by atoms with Crippen molar-refractivity contribution >= 4 is 6.03 Å². The zero-order chi connectivity index (χ0) is 17.7. The predicted molar refractivity (Wildman–Crippen MR) is 86.6 cm³/mol.